The summed E-state index contributed by atoms with van der Waals surface area (Å²) in [6.45, 7) is 7.70. The van der Waals surface area contributed by atoms with E-state index < -0.39 is 0 Å². The Morgan fingerprint density at radius 1 is 1.11 bits per heavy atom. The molecule has 3 heterocycles. The molecule has 7 nitrogen and oxygen atoms in total. The minimum Gasteiger partial charge on any atom is -0.393 e. The van der Waals surface area contributed by atoms with Gasteiger partial charge in [0, 0.05) is 61.1 Å². The van der Waals surface area contributed by atoms with Gasteiger partial charge in [-0.2, -0.15) is 4.98 Å². The van der Waals surface area contributed by atoms with Gasteiger partial charge in [-0.15, -0.1) is 0 Å². The average molecular weight is 505 g/mol. The lowest BCUT2D eigenvalue weighted by molar-refractivity contribution is 0.111. The summed E-state index contributed by atoms with van der Waals surface area (Å²) in [5.74, 6) is 0.701. The highest BCUT2D eigenvalue weighted by Crippen LogP contribution is 2.37. The Kier molecular flexibility index (Phi) is 8.12. The van der Waals surface area contributed by atoms with E-state index in [9.17, 15) is 5.11 Å². The van der Waals surface area contributed by atoms with Crippen molar-refractivity contribution in [1.29, 1.82) is 0 Å². The lowest BCUT2D eigenvalue weighted by Gasteiger charge is -2.27. The number of benzene rings is 1. The minimum atomic E-state index is -0.171. The molecule has 2 N–H and O–H groups in total. The van der Waals surface area contributed by atoms with Crippen LogP contribution in [0.1, 0.15) is 70.4 Å². The van der Waals surface area contributed by atoms with Gasteiger partial charge < -0.3 is 19.9 Å². The van der Waals surface area contributed by atoms with Gasteiger partial charge in [-0.3, -0.25) is 4.90 Å². The molecular formula is C30H44N6O. The molecule has 1 saturated heterocycles. The number of hydrogen-bond donors (Lipinski definition) is 2. The van der Waals surface area contributed by atoms with Gasteiger partial charge in [0.2, 0.25) is 5.95 Å². The summed E-state index contributed by atoms with van der Waals surface area (Å²) in [6.07, 6.45) is 11.2. The number of aromatic nitrogens is 3. The molecule has 200 valence electrons. The molecular weight excluding hydrogens is 460 g/mol. The van der Waals surface area contributed by atoms with Crippen molar-refractivity contribution in [3.8, 4) is 11.1 Å². The first-order chi connectivity index (χ1) is 17.9. The lowest BCUT2D eigenvalue weighted by Crippen LogP contribution is -2.31. The second kappa shape index (κ2) is 11.5. The molecule has 1 aromatic carbocycles. The molecule has 3 aromatic rings. The number of fused-ring (bicyclic) bond motifs is 1. The van der Waals surface area contributed by atoms with E-state index in [0.29, 0.717) is 24.1 Å². The zero-order valence-electron chi connectivity index (χ0n) is 23.0. The Morgan fingerprint density at radius 3 is 2.54 bits per heavy atom. The molecule has 5 rings (SSSR count). The van der Waals surface area contributed by atoms with Crippen molar-refractivity contribution in [2.24, 2.45) is 0 Å². The number of likely N-dealkylation sites (tertiary alicyclic amines) is 1. The molecule has 1 saturated carbocycles. The number of rotatable bonds is 9. The maximum atomic E-state index is 10.1. The van der Waals surface area contributed by atoms with Crippen LogP contribution >= 0.6 is 0 Å². The van der Waals surface area contributed by atoms with Crippen LogP contribution in [0.5, 0.6) is 0 Å². The fourth-order valence-electron chi connectivity index (χ4n) is 6.09. The van der Waals surface area contributed by atoms with Crippen LogP contribution < -0.4 is 5.32 Å². The Morgan fingerprint density at radius 2 is 1.86 bits per heavy atom. The Labute approximate surface area is 221 Å². The van der Waals surface area contributed by atoms with E-state index in [4.69, 9.17) is 9.97 Å². The van der Waals surface area contributed by atoms with E-state index >= 15 is 0 Å². The standard InChI is InChI=1S/C30H44N6O/c1-5-6-21(2)32-30-31-17-27-28(20-36(29(27)33-30)24-11-13-26(37)14-12-24)23-9-7-22(8-10-23)18-35-16-15-25(19-35)34(3)4/h7-10,17,20-21,24-26,37H,5-6,11-16,18-19H2,1-4H3,(H,31,32,33)/t21-,24?,25?,26?/m0/s1. The molecule has 0 radical (unpaired) electrons. The van der Waals surface area contributed by atoms with Crippen LogP contribution in [0.25, 0.3) is 22.2 Å². The quantitative estimate of drug-likeness (QED) is 0.412. The van der Waals surface area contributed by atoms with Gasteiger partial charge in [-0.05, 0) is 70.7 Å². The predicted octanol–water partition coefficient (Wildman–Crippen LogP) is 5.31. The molecule has 2 fully saturated rings. The second-order valence-electron chi connectivity index (χ2n) is 11.5. The summed E-state index contributed by atoms with van der Waals surface area (Å²) in [6, 6.07) is 10.4. The van der Waals surface area contributed by atoms with Crippen molar-refractivity contribution in [3.63, 3.8) is 0 Å². The molecule has 37 heavy (non-hydrogen) atoms. The van der Waals surface area contributed by atoms with Crippen LogP contribution in [0.3, 0.4) is 0 Å². The Bertz CT molecular complexity index is 1160. The largest absolute Gasteiger partial charge is 0.393 e. The van der Waals surface area contributed by atoms with E-state index in [-0.39, 0.29) is 6.10 Å². The normalized spacial score (nSPS) is 23.7. The molecule has 1 aliphatic heterocycles. The topological polar surface area (TPSA) is 69.5 Å². The molecule has 2 aromatic heterocycles. The number of nitrogens with one attached hydrogen (secondary N) is 1. The van der Waals surface area contributed by atoms with Gasteiger partial charge in [0.15, 0.2) is 0 Å². The molecule has 0 amide bonds. The number of hydrogen-bond acceptors (Lipinski definition) is 6. The van der Waals surface area contributed by atoms with Gasteiger partial charge in [-0.25, -0.2) is 4.98 Å². The van der Waals surface area contributed by atoms with Crippen LogP contribution in [-0.4, -0.2) is 74.8 Å². The van der Waals surface area contributed by atoms with Crippen LogP contribution in [0.4, 0.5) is 5.95 Å². The fraction of sp³-hybridized carbons (Fsp3) is 0.600. The van der Waals surface area contributed by atoms with E-state index in [1.54, 1.807) is 0 Å². The zero-order valence-corrected chi connectivity index (χ0v) is 23.0. The van der Waals surface area contributed by atoms with Gasteiger partial charge >= 0.3 is 0 Å². The summed E-state index contributed by atoms with van der Waals surface area (Å²) >= 11 is 0. The summed E-state index contributed by atoms with van der Waals surface area (Å²) in [4.78, 5) is 14.6. The number of anilines is 1. The smallest absolute Gasteiger partial charge is 0.224 e. The van der Waals surface area contributed by atoms with Crippen LogP contribution in [0.2, 0.25) is 0 Å². The van der Waals surface area contributed by atoms with Gasteiger partial charge in [0.05, 0.1) is 6.10 Å². The first-order valence-electron chi connectivity index (χ1n) is 14.2. The summed E-state index contributed by atoms with van der Waals surface area (Å²) in [5.41, 5.74) is 4.75. The molecule has 1 aliphatic carbocycles. The molecule has 2 atom stereocenters. The van der Waals surface area contributed by atoms with Crippen molar-refractivity contribution in [2.45, 2.75) is 89.6 Å². The second-order valence-corrected chi connectivity index (χ2v) is 11.5. The number of aliphatic hydroxyl groups excluding tert-OH is 1. The van der Waals surface area contributed by atoms with Gasteiger partial charge in [0.1, 0.15) is 5.65 Å². The Balaban J connectivity index is 1.41. The highest BCUT2D eigenvalue weighted by Gasteiger charge is 2.25. The molecule has 0 spiro atoms. The molecule has 2 aliphatic rings. The van der Waals surface area contributed by atoms with Gasteiger partial charge in [0.25, 0.3) is 0 Å². The van der Waals surface area contributed by atoms with Crippen molar-refractivity contribution in [3.05, 3.63) is 42.2 Å². The summed E-state index contributed by atoms with van der Waals surface area (Å²) in [5, 5.41) is 14.7. The highest BCUT2D eigenvalue weighted by atomic mass is 16.3. The summed E-state index contributed by atoms with van der Waals surface area (Å²) in [7, 11) is 4.37. The van der Waals surface area contributed by atoms with E-state index in [1.807, 2.05) is 6.20 Å². The van der Waals surface area contributed by atoms with Crippen LogP contribution in [0, 0.1) is 0 Å². The van der Waals surface area contributed by atoms with Crippen molar-refractivity contribution in [1.82, 2.24) is 24.3 Å². The third kappa shape index (κ3) is 6.00. The number of nitrogens with zero attached hydrogens (tertiary/aromatic N) is 5. The highest BCUT2D eigenvalue weighted by molar-refractivity contribution is 5.94. The van der Waals surface area contributed by atoms with Crippen LogP contribution in [0.15, 0.2) is 36.7 Å². The van der Waals surface area contributed by atoms with E-state index in [1.165, 1.54) is 29.7 Å². The number of likely N-dealkylation sites (N-methyl/N-ethyl adjacent to an activating group) is 1. The minimum absolute atomic E-state index is 0.171. The van der Waals surface area contributed by atoms with Gasteiger partial charge in [-0.1, -0.05) is 37.6 Å². The fourth-order valence-corrected chi connectivity index (χ4v) is 6.09. The van der Waals surface area contributed by atoms with Crippen molar-refractivity contribution in [2.75, 3.05) is 32.5 Å². The number of aliphatic hydroxyl groups is 1. The third-order valence-electron chi connectivity index (χ3n) is 8.38. The third-order valence-corrected chi connectivity index (χ3v) is 8.38. The lowest BCUT2D eigenvalue weighted by atomic mass is 9.93. The maximum Gasteiger partial charge on any atom is 0.224 e. The van der Waals surface area contributed by atoms with Crippen molar-refractivity contribution < 1.29 is 5.11 Å². The molecule has 1 unspecified atom stereocenters. The predicted molar refractivity (Wildman–Crippen MR) is 152 cm³/mol. The monoisotopic (exact) mass is 504 g/mol. The van der Waals surface area contributed by atoms with E-state index in [2.05, 4.69) is 78.1 Å². The molecule has 0 bridgehead atoms. The first-order valence-corrected chi connectivity index (χ1v) is 14.2. The average Bonchev–Trinajstić information content (AvgIpc) is 3.50. The van der Waals surface area contributed by atoms with Crippen LogP contribution in [-0.2, 0) is 6.54 Å². The maximum absolute atomic E-state index is 10.1. The Hall–Kier alpha value is -2.48. The first kappa shape index (κ1) is 26.1. The van der Waals surface area contributed by atoms with Crippen molar-refractivity contribution >= 4 is 17.0 Å². The SMILES string of the molecule is CCC[C@H](C)Nc1ncc2c(-c3ccc(CN4CCC(N(C)C)C4)cc3)cn(C3CCC(O)CC3)c2n1. The zero-order chi connectivity index (χ0) is 25.9. The summed E-state index contributed by atoms with van der Waals surface area (Å²) < 4.78 is 2.35. The molecule has 7 heteroatoms. The van der Waals surface area contributed by atoms with E-state index in [0.717, 1.165) is 62.6 Å².